The molecule has 6 nitrogen and oxygen atoms in total. The summed E-state index contributed by atoms with van der Waals surface area (Å²) in [7, 11) is 1.63. The molecule has 0 aliphatic carbocycles. The molecule has 0 spiro atoms. The summed E-state index contributed by atoms with van der Waals surface area (Å²) in [4.78, 5) is 2.31. The lowest BCUT2D eigenvalue weighted by Gasteiger charge is -2.28. The first-order valence-electron chi connectivity index (χ1n) is 10.8. The molecule has 2 aromatic carbocycles. The van der Waals surface area contributed by atoms with Gasteiger partial charge in [0.1, 0.15) is 25.1 Å². The quantitative estimate of drug-likeness (QED) is 0.521. The highest BCUT2D eigenvalue weighted by atomic mass is 16.5. The van der Waals surface area contributed by atoms with Gasteiger partial charge in [-0.25, -0.2) is 0 Å². The van der Waals surface area contributed by atoms with Crippen molar-refractivity contribution in [2.75, 3.05) is 46.5 Å². The molecule has 2 N–H and O–H groups in total. The Morgan fingerprint density at radius 1 is 1.00 bits per heavy atom. The normalized spacial score (nSPS) is 15.5. The molecule has 6 heteroatoms. The number of nitrogens with one attached hydrogen (secondary N) is 1. The summed E-state index contributed by atoms with van der Waals surface area (Å²) in [5.41, 5.74) is 1.09. The fourth-order valence-corrected chi connectivity index (χ4v) is 3.61. The number of rotatable bonds is 12. The zero-order valence-electron chi connectivity index (χ0n) is 17.9. The van der Waals surface area contributed by atoms with Gasteiger partial charge in [0.05, 0.1) is 7.11 Å². The number of ether oxygens (including phenoxy) is 3. The second-order valence-electron chi connectivity index (χ2n) is 7.65. The number of nitrogens with zero attached hydrogens (tertiary/aromatic N) is 1. The molecule has 1 fully saturated rings. The molecule has 1 atom stereocenters. The summed E-state index contributed by atoms with van der Waals surface area (Å²) in [6.45, 7) is 5.09. The highest BCUT2D eigenvalue weighted by Gasteiger charge is 2.16. The third-order valence-electron chi connectivity index (χ3n) is 5.20. The Bertz CT molecular complexity index is 735. The van der Waals surface area contributed by atoms with E-state index < -0.39 is 6.10 Å². The number of benzene rings is 2. The minimum absolute atomic E-state index is 0.259. The van der Waals surface area contributed by atoms with Crippen LogP contribution < -0.4 is 19.5 Å². The van der Waals surface area contributed by atoms with Gasteiger partial charge < -0.3 is 29.5 Å². The minimum atomic E-state index is -0.510. The van der Waals surface area contributed by atoms with Crippen LogP contribution in [-0.2, 0) is 6.54 Å². The molecule has 0 radical (unpaired) electrons. The average molecular weight is 415 g/mol. The maximum absolute atomic E-state index is 10.4. The van der Waals surface area contributed by atoms with Crippen LogP contribution >= 0.6 is 0 Å². The Morgan fingerprint density at radius 3 is 2.57 bits per heavy atom. The van der Waals surface area contributed by atoms with Crippen molar-refractivity contribution >= 4 is 0 Å². The first-order valence-corrected chi connectivity index (χ1v) is 10.8. The van der Waals surface area contributed by atoms with Gasteiger partial charge >= 0.3 is 0 Å². The maximum Gasteiger partial charge on any atom is 0.161 e. The Labute approximate surface area is 179 Å². The van der Waals surface area contributed by atoms with Crippen LogP contribution in [0.15, 0.2) is 48.5 Å². The molecule has 0 saturated carbocycles. The predicted octanol–water partition coefficient (Wildman–Crippen LogP) is 3.09. The summed E-state index contributed by atoms with van der Waals surface area (Å²) in [5.74, 6) is 2.22. The van der Waals surface area contributed by atoms with Crippen LogP contribution in [0.2, 0.25) is 0 Å². The average Bonchev–Trinajstić information content (AvgIpc) is 2.79. The number of hydrogen-bond donors (Lipinski definition) is 2. The fraction of sp³-hybridized carbons (Fsp3) is 0.500. The molecule has 1 heterocycles. The van der Waals surface area contributed by atoms with E-state index in [1.54, 1.807) is 7.11 Å². The molecule has 1 aliphatic rings. The molecular weight excluding hydrogens is 380 g/mol. The maximum atomic E-state index is 10.4. The molecule has 2 aromatic rings. The van der Waals surface area contributed by atoms with Crippen molar-refractivity contribution in [1.82, 2.24) is 10.2 Å². The van der Waals surface area contributed by atoms with Gasteiger partial charge in [-0.2, -0.15) is 0 Å². The van der Waals surface area contributed by atoms with Gasteiger partial charge in [-0.15, -0.1) is 0 Å². The van der Waals surface area contributed by atoms with Gasteiger partial charge in [0, 0.05) is 19.6 Å². The summed E-state index contributed by atoms with van der Waals surface area (Å²) < 4.78 is 17.0. The molecule has 1 saturated heterocycles. The summed E-state index contributed by atoms with van der Waals surface area (Å²) in [6.07, 6.45) is 3.21. The highest BCUT2D eigenvalue weighted by Crippen LogP contribution is 2.28. The Kier molecular flexibility index (Phi) is 9.28. The molecule has 0 aromatic heterocycles. The van der Waals surface area contributed by atoms with Crippen LogP contribution in [0.25, 0.3) is 0 Å². The van der Waals surface area contributed by atoms with Gasteiger partial charge in [-0.05, 0) is 55.8 Å². The second kappa shape index (κ2) is 12.4. The van der Waals surface area contributed by atoms with Crippen LogP contribution in [-0.4, -0.2) is 62.6 Å². The van der Waals surface area contributed by atoms with E-state index in [2.05, 4.69) is 10.2 Å². The minimum Gasteiger partial charge on any atom is -0.493 e. The van der Waals surface area contributed by atoms with Crippen LogP contribution in [0, 0.1) is 0 Å². The third-order valence-corrected chi connectivity index (χ3v) is 5.20. The second-order valence-corrected chi connectivity index (χ2v) is 7.65. The monoisotopic (exact) mass is 414 g/mol. The number of likely N-dealkylation sites (tertiary alicyclic amines) is 1. The van der Waals surface area contributed by atoms with Gasteiger partial charge in [0.25, 0.3) is 0 Å². The molecule has 30 heavy (non-hydrogen) atoms. The number of methoxy groups -OCH3 is 1. The molecular formula is C24H34N2O4. The van der Waals surface area contributed by atoms with E-state index in [-0.39, 0.29) is 6.61 Å². The van der Waals surface area contributed by atoms with Crippen LogP contribution in [0.4, 0.5) is 0 Å². The van der Waals surface area contributed by atoms with Gasteiger partial charge in [0.15, 0.2) is 11.5 Å². The number of piperidine rings is 1. The number of hydrogen-bond acceptors (Lipinski definition) is 6. The zero-order chi connectivity index (χ0) is 21.0. The van der Waals surface area contributed by atoms with Crippen molar-refractivity contribution in [3.8, 4) is 17.2 Å². The third kappa shape index (κ3) is 7.52. The van der Waals surface area contributed by atoms with E-state index in [0.29, 0.717) is 31.2 Å². The van der Waals surface area contributed by atoms with Crippen molar-refractivity contribution < 1.29 is 19.3 Å². The standard InChI is InChI=1S/C24H34N2O4/c1-28-23-11-10-20(17-25-12-15-29-22-8-4-2-5-9-22)16-24(23)30-19-21(27)18-26-13-6-3-7-14-26/h2,4-5,8-11,16,21,25,27H,3,6-7,12-15,17-19H2,1H3. The zero-order valence-corrected chi connectivity index (χ0v) is 17.9. The van der Waals surface area contributed by atoms with Gasteiger partial charge in [-0.1, -0.05) is 30.7 Å². The highest BCUT2D eigenvalue weighted by molar-refractivity contribution is 5.43. The number of aliphatic hydroxyl groups is 1. The summed E-state index contributed by atoms with van der Waals surface area (Å²) in [6, 6.07) is 15.7. The van der Waals surface area contributed by atoms with E-state index in [1.807, 2.05) is 48.5 Å². The first-order chi connectivity index (χ1) is 14.7. The molecule has 164 valence electrons. The van der Waals surface area contributed by atoms with E-state index in [1.165, 1.54) is 19.3 Å². The molecule has 1 unspecified atom stereocenters. The molecule has 1 aliphatic heterocycles. The van der Waals surface area contributed by atoms with Crippen molar-refractivity contribution in [1.29, 1.82) is 0 Å². The lowest BCUT2D eigenvalue weighted by molar-refractivity contribution is 0.0608. The Balaban J connectivity index is 1.42. The Hall–Kier alpha value is -2.28. The fourth-order valence-electron chi connectivity index (χ4n) is 3.61. The molecule has 0 bridgehead atoms. The van der Waals surface area contributed by atoms with Gasteiger partial charge in [-0.3, -0.25) is 0 Å². The van der Waals surface area contributed by atoms with Crippen molar-refractivity contribution in [2.45, 2.75) is 31.9 Å². The molecule has 3 rings (SSSR count). The topological polar surface area (TPSA) is 63.2 Å². The first kappa shape index (κ1) is 22.4. The van der Waals surface area contributed by atoms with Gasteiger partial charge in [0.2, 0.25) is 0 Å². The SMILES string of the molecule is COc1ccc(CNCCOc2ccccc2)cc1OCC(O)CN1CCCCC1. The van der Waals surface area contributed by atoms with E-state index in [4.69, 9.17) is 14.2 Å². The van der Waals surface area contributed by atoms with Crippen LogP contribution in [0.5, 0.6) is 17.2 Å². The number of aliphatic hydroxyl groups excluding tert-OH is 1. The number of para-hydroxylation sites is 1. The van der Waals surface area contributed by atoms with Crippen molar-refractivity contribution in [3.05, 3.63) is 54.1 Å². The lowest BCUT2D eigenvalue weighted by atomic mass is 10.1. The van der Waals surface area contributed by atoms with Crippen LogP contribution in [0.3, 0.4) is 0 Å². The van der Waals surface area contributed by atoms with E-state index in [0.717, 1.165) is 30.9 Å². The van der Waals surface area contributed by atoms with Crippen molar-refractivity contribution in [3.63, 3.8) is 0 Å². The van der Waals surface area contributed by atoms with Crippen LogP contribution in [0.1, 0.15) is 24.8 Å². The largest absolute Gasteiger partial charge is 0.493 e. The smallest absolute Gasteiger partial charge is 0.161 e. The molecule has 0 amide bonds. The van der Waals surface area contributed by atoms with Crippen molar-refractivity contribution in [2.24, 2.45) is 0 Å². The predicted molar refractivity (Wildman–Crippen MR) is 118 cm³/mol. The Morgan fingerprint density at radius 2 is 1.80 bits per heavy atom. The summed E-state index contributed by atoms with van der Waals surface area (Å²) >= 11 is 0. The lowest BCUT2D eigenvalue weighted by Crippen LogP contribution is -2.38. The van der Waals surface area contributed by atoms with E-state index in [9.17, 15) is 5.11 Å². The summed E-state index contributed by atoms with van der Waals surface area (Å²) in [5, 5.41) is 13.7. The number of β-amino-alcohol motifs (C(OH)–C–C–N with tert-alkyl or cyclic N) is 1. The van der Waals surface area contributed by atoms with E-state index >= 15 is 0 Å².